The number of allylic oxidation sites excluding steroid dienone is 1. The second kappa shape index (κ2) is 5.68. The van der Waals surface area contributed by atoms with Crippen molar-refractivity contribution in [3.8, 4) is 0 Å². The molecule has 0 unspecified atom stereocenters. The first-order valence-electron chi connectivity index (χ1n) is 5.67. The van der Waals surface area contributed by atoms with Crippen molar-refractivity contribution in [1.82, 2.24) is 0 Å². The van der Waals surface area contributed by atoms with E-state index in [1.165, 1.54) is 0 Å². The summed E-state index contributed by atoms with van der Waals surface area (Å²) >= 11 is 0. The Morgan fingerprint density at radius 2 is 1.44 bits per heavy atom. The van der Waals surface area contributed by atoms with Gasteiger partial charge in [-0.2, -0.15) is 0 Å². The fourth-order valence-corrected chi connectivity index (χ4v) is 2.49. The number of hydrogen-bond donors (Lipinski definition) is 0. The Morgan fingerprint density at radius 3 is 1.75 bits per heavy atom. The van der Waals surface area contributed by atoms with E-state index < -0.39 is 16.6 Å². The molecule has 0 aliphatic carbocycles. The maximum absolute atomic E-state index is 11.9. The van der Waals surface area contributed by atoms with Gasteiger partial charge in [-0.3, -0.25) is 0 Å². The Balaban J connectivity index is 4.69. The Hall–Kier alpha value is -0.556. The lowest BCUT2D eigenvalue weighted by molar-refractivity contribution is -0.133. The van der Waals surface area contributed by atoms with Crippen LogP contribution in [0.5, 0.6) is 0 Å². The van der Waals surface area contributed by atoms with Gasteiger partial charge in [0.05, 0.1) is 0 Å². The lowest BCUT2D eigenvalue weighted by Crippen LogP contribution is -2.34. The molecule has 0 saturated carbocycles. The zero-order valence-corrected chi connectivity index (χ0v) is 13.5. The maximum atomic E-state index is 11.9. The first kappa shape index (κ1) is 15.4. The topological polar surface area (TPSA) is 35.5 Å². The lowest BCUT2D eigenvalue weighted by atomic mass is 10.4. The Kier molecular flexibility index (Phi) is 5.48. The molecule has 0 bridgehead atoms. The molecule has 0 aromatic carbocycles. The summed E-state index contributed by atoms with van der Waals surface area (Å²) < 4.78 is 11.2. The molecule has 0 aliphatic heterocycles. The summed E-state index contributed by atoms with van der Waals surface area (Å²) in [5.41, 5.74) is 0. The van der Waals surface area contributed by atoms with E-state index in [1.54, 1.807) is 6.08 Å². The number of rotatable bonds is 5. The summed E-state index contributed by atoms with van der Waals surface area (Å²) in [6.45, 7) is 14.1. The molecule has 94 valence electrons. The molecular formula is C11H24O3Si2. The third-order valence-corrected chi connectivity index (χ3v) is 3.04. The quantitative estimate of drug-likeness (QED) is 0.431. The summed E-state index contributed by atoms with van der Waals surface area (Å²) in [5.74, 6) is 0.0903. The van der Waals surface area contributed by atoms with Crippen molar-refractivity contribution in [2.75, 3.05) is 0 Å². The van der Waals surface area contributed by atoms with E-state index in [2.05, 4.69) is 19.6 Å². The molecule has 0 fully saturated rings. The third-order valence-electron chi connectivity index (χ3n) is 1.41. The molecule has 0 rings (SSSR count). The van der Waals surface area contributed by atoms with Gasteiger partial charge in [0, 0.05) is 0 Å². The van der Waals surface area contributed by atoms with Gasteiger partial charge in [-0.25, -0.2) is 4.79 Å². The van der Waals surface area contributed by atoms with E-state index in [0.717, 1.165) is 6.42 Å². The van der Waals surface area contributed by atoms with Gasteiger partial charge in [0.2, 0.25) is 16.6 Å². The number of carbonyl (C=O) groups excluding carboxylic acids is 1. The van der Waals surface area contributed by atoms with E-state index in [4.69, 9.17) is 8.85 Å². The van der Waals surface area contributed by atoms with Gasteiger partial charge < -0.3 is 8.85 Å². The van der Waals surface area contributed by atoms with Crippen LogP contribution in [0.3, 0.4) is 0 Å². The molecule has 0 aliphatic rings. The number of carbonyl (C=O) groups is 1. The third kappa shape index (κ3) is 7.70. The Labute approximate surface area is 101 Å². The first-order valence-corrected chi connectivity index (χ1v) is 12.5. The summed E-state index contributed by atoms with van der Waals surface area (Å²) in [7, 11) is -3.59. The van der Waals surface area contributed by atoms with Crippen molar-refractivity contribution in [3.63, 3.8) is 0 Å². The van der Waals surface area contributed by atoms with Gasteiger partial charge in [-0.1, -0.05) is 6.92 Å². The molecule has 0 aromatic rings. The standard InChI is InChI=1S/C11H24O3Si2/c1-8-9-10(13-15(2,3)4)11(12)14-16(5,6)7/h9H,8H2,1-7H3/b10-9-. The predicted molar refractivity (Wildman–Crippen MR) is 72.2 cm³/mol. The van der Waals surface area contributed by atoms with Gasteiger partial charge in [-0.05, 0) is 51.8 Å². The molecule has 0 heterocycles. The fourth-order valence-electron chi connectivity index (χ4n) is 1.01. The van der Waals surface area contributed by atoms with E-state index in [9.17, 15) is 4.79 Å². The van der Waals surface area contributed by atoms with Crippen molar-refractivity contribution in [2.45, 2.75) is 52.6 Å². The monoisotopic (exact) mass is 260 g/mol. The minimum absolute atomic E-state index is 0.302. The van der Waals surface area contributed by atoms with E-state index >= 15 is 0 Å². The molecule has 0 saturated heterocycles. The molecular weight excluding hydrogens is 236 g/mol. The van der Waals surface area contributed by atoms with Gasteiger partial charge >= 0.3 is 5.97 Å². The summed E-state index contributed by atoms with van der Waals surface area (Å²) in [4.78, 5) is 11.9. The van der Waals surface area contributed by atoms with Crippen LogP contribution in [-0.2, 0) is 13.6 Å². The highest BCUT2D eigenvalue weighted by Crippen LogP contribution is 2.15. The molecule has 0 N–H and O–H groups in total. The smallest absolute Gasteiger partial charge is 0.358 e. The molecule has 0 atom stereocenters. The van der Waals surface area contributed by atoms with Gasteiger partial charge in [0.15, 0.2) is 5.76 Å². The SMILES string of the molecule is CC/C=C(\O[Si](C)(C)C)C(=O)O[Si](C)(C)C. The summed E-state index contributed by atoms with van der Waals surface area (Å²) in [5, 5.41) is 0. The molecule has 0 spiro atoms. The normalized spacial score (nSPS) is 13.6. The van der Waals surface area contributed by atoms with E-state index in [1.807, 2.05) is 26.6 Å². The highest BCUT2D eigenvalue weighted by molar-refractivity contribution is 6.72. The molecule has 5 heteroatoms. The van der Waals surface area contributed by atoms with Crippen LogP contribution in [0, 0.1) is 0 Å². The minimum Gasteiger partial charge on any atom is -0.540 e. The average Bonchev–Trinajstić information content (AvgIpc) is 1.97. The van der Waals surface area contributed by atoms with Gasteiger partial charge in [0.25, 0.3) is 0 Å². The lowest BCUT2D eigenvalue weighted by Gasteiger charge is -2.24. The van der Waals surface area contributed by atoms with Gasteiger partial charge in [0.1, 0.15) is 0 Å². The van der Waals surface area contributed by atoms with Crippen molar-refractivity contribution in [1.29, 1.82) is 0 Å². The highest BCUT2D eigenvalue weighted by atomic mass is 28.4. The maximum Gasteiger partial charge on any atom is 0.358 e. The second-order valence-corrected chi connectivity index (χ2v) is 14.6. The number of hydrogen-bond acceptors (Lipinski definition) is 3. The molecule has 16 heavy (non-hydrogen) atoms. The molecule has 0 aromatic heterocycles. The summed E-state index contributed by atoms with van der Waals surface area (Å²) in [6.07, 6.45) is 2.58. The zero-order chi connectivity index (χ0) is 13.0. The van der Waals surface area contributed by atoms with Crippen LogP contribution in [0.2, 0.25) is 39.3 Å². The van der Waals surface area contributed by atoms with Gasteiger partial charge in [-0.15, -0.1) is 0 Å². The Morgan fingerprint density at radius 1 is 1.00 bits per heavy atom. The summed E-state index contributed by atoms with van der Waals surface area (Å²) in [6, 6.07) is 0. The predicted octanol–water partition coefficient (Wildman–Crippen LogP) is 3.51. The Bertz CT molecular complexity index is 272. The molecule has 0 radical (unpaired) electrons. The first-order chi connectivity index (χ1) is 7.05. The highest BCUT2D eigenvalue weighted by Gasteiger charge is 2.26. The molecule has 0 amide bonds. The van der Waals surface area contributed by atoms with Crippen LogP contribution in [0.4, 0.5) is 0 Å². The van der Waals surface area contributed by atoms with Crippen LogP contribution in [0.1, 0.15) is 13.3 Å². The van der Waals surface area contributed by atoms with Crippen LogP contribution in [0.25, 0.3) is 0 Å². The van der Waals surface area contributed by atoms with Crippen LogP contribution in [0.15, 0.2) is 11.8 Å². The zero-order valence-electron chi connectivity index (χ0n) is 11.5. The fraction of sp³-hybridized carbons (Fsp3) is 0.727. The van der Waals surface area contributed by atoms with E-state index in [-0.39, 0.29) is 5.97 Å². The molecule has 3 nitrogen and oxygen atoms in total. The van der Waals surface area contributed by atoms with Crippen LogP contribution in [-0.4, -0.2) is 22.6 Å². The largest absolute Gasteiger partial charge is 0.540 e. The minimum atomic E-state index is -1.84. The van der Waals surface area contributed by atoms with Crippen LogP contribution < -0.4 is 0 Å². The van der Waals surface area contributed by atoms with Crippen molar-refractivity contribution < 1.29 is 13.6 Å². The second-order valence-electron chi connectivity index (χ2n) is 5.69. The van der Waals surface area contributed by atoms with Crippen molar-refractivity contribution >= 4 is 22.6 Å². The van der Waals surface area contributed by atoms with E-state index in [0.29, 0.717) is 5.76 Å². The average molecular weight is 260 g/mol. The van der Waals surface area contributed by atoms with Crippen molar-refractivity contribution in [2.24, 2.45) is 0 Å². The van der Waals surface area contributed by atoms with Crippen molar-refractivity contribution in [3.05, 3.63) is 11.8 Å². The van der Waals surface area contributed by atoms with Crippen LogP contribution >= 0.6 is 0 Å².